The van der Waals surface area contributed by atoms with Gasteiger partial charge in [0.15, 0.2) is 0 Å². The molecule has 4 heteroatoms. The summed E-state index contributed by atoms with van der Waals surface area (Å²) >= 11 is 0. The van der Waals surface area contributed by atoms with E-state index >= 15 is 0 Å². The van der Waals surface area contributed by atoms with Crippen molar-refractivity contribution in [2.75, 3.05) is 11.9 Å². The molecule has 2 unspecified atom stereocenters. The van der Waals surface area contributed by atoms with Crippen molar-refractivity contribution in [3.05, 3.63) is 11.9 Å². The Bertz CT molecular complexity index is 437. The van der Waals surface area contributed by atoms with Crippen molar-refractivity contribution < 1.29 is 4.74 Å². The van der Waals surface area contributed by atoms with Gasteiger partial charge in [-0.3, -0.25) is 4.68 Å². The molecule has 4 nitrogen and oxygen atoms in total. The zero-order chi connectivity index (χ0) is 14.2. The Kier molecular flexibility index (Phi) is 3.90. The van der Waals surface area contributed by atoms with Gasteiger partial charge in [-0.2, -0.15) is 5.10 Å². The molecule has 0 bridgehead atoms. The molecule has 1 aromatic rings. The predicted octanol–water partition coefficient (Wildman–Crippen LogP) is 2.98. The van der Waals surface area contributed by atoms with E-state index in [0.717, 1.165) is 24.4 Å². The second-order valence-corrected chi connectivity index (χ2v) is 6.77. The molecule has 1 fully saturated rings. The minimum atomic E-state index is 0.178. The van der Waals surface area contributed by atoms with E-state index in [1.165, 1.54) is 0 Å². The van der Waals surface area contributed by atoms with Crippen molar-refractivity contribution in [2.24, 2.45) is 18.4 Å². The van der Waals surface area contributed by atoms with Crippen molar-refractivity contribution >= 4 is 5.69 Å². The van der Waals surface area contributed by atoms with Gasteiger partial charge >= 0.3 is 0 Å². The number of aromatic nitrogens is 2. The minimum Gasteiger partial charge on any atom is -0.379 e. The first kappa shape index (κ1) is 14.4. The number of aryl methyl sites for hydroxylation is 2. The van der Waals surface area contributed by atoms with Crippen LogP contribution in [0.1, 0.15) is 39.8 Å². The van der Waals surface area contributed by atoms with Gasteiger partial charge in [0.2, 0.25) is 0 Å². The largest absolute Gasteiger partial charge is 0.379 e. The van der Waals surface area contributed by atoms with Crippen molar-refractivity contribution in [1.82, 2.24) is 9.78 Å². The zero-order valence-corrected chi connectivity index (χ0v) is 13.0. The lowest BCUT2D eigenvalue weighted by Crippen LogP contribution is -2.58. The molecule has 1 heterocycles. The number of hydrogen-bond acceptors (Lipinski definition) is 3. The second kappa shape index (κ2) is 5.16. The van der Waals surface area contributed by atoms with E-state index in [1.54, 1.807) is 0 Å². The first-order valence-electron chi connectivity index (χ1n) is 7.19. The summed E-state index contributed by atoms with van der Waals surface area (Å²) in [6.45, 7) is 11.9. The highest BCUT2D eigenvalue weighted by atomic mass is 16.5. The van der Waals surface area contributed by atoms with Gasteiger partial charge in [-0.05, 0) is 19.3 Å². The van der Waals surface area contributed by atoms with Gasteiger partial charge in [0.05, 0.1) is 17.5 Å². The minimum absolute atomic E-state index is 0.178. The van der Waals surface area contributed by atoms with E-state index in [0.29, 0.717) is 18.1 Å². The van der Waals surface area contributed by atoms with Crippen LogP contribution in [0.5, 0.6) is 0 Å². The maximum atomic E-state index is 6.00. The molecule has 1 saturated carbocycles. The van der Waals surface area contributed by atoms with Crippen LogP contribution in [0.3, 0.4) is 0 Å². The number of nitrogens with one attached hydrogen (secondary N) is 1. The lowest BCUT2D eigenvalue weighted by molar-refractivity contribution is -0.108. The van der Waals surface area contributed by atoms with Crippen molar-refractivity contribution in [3.8, 4) is 0 Å². The second-order valence-electron chi connectivity index (χ2n) is 6.77. The van der Waals surface area contributed by atoms with Gasteiger partial charge in [-0.15, -0.1) is 0 Å². The summed E-state index contributed by atoms with van der Waals surface area (Å²) in [4.78, 5) is 0. The van der Waals surface area contributed by atoms with Crippen LogP contribution in [0.15, 0.2) is 6.20 Å². The Labute approximate surface area is 116 Å². The SMILES string of the molecule is Cc1nn(C)cc1NC1CC(OCC(C)C)C1(C)C. The van der Waals surface area contributed by atoms with Crippen LogP contribution in [0, 0.1) is 18.3 Å². The summed E-state index contributed by atoms with van der Waals surface area (Å²) in [5.74, 6) is 0.600. The monoisotopic (exact) mass is 265 g/mol. The van der Waals surface area contributed by atoms with Gasteiger partial charge < -0.3 is 10.1 Å². The number of ether oxygens (including phenoxy) is 1. The number of anilines is 1. The van der Waals surface area contributed by atoms with Gasteiger partial charge in [0, 0.05) is 31.3 Å². The Morgan fingerprint density at radius 3 is 2.68 bits per heavy atom. The fourth-order valence-electron chi connectivity index (χ4n) is 2.65. The first-order chi connectivity index (χ1) is 8.80. The molecule has 0 amide bonds. The first-order valence-corrected chi connectivity index (χ1v) is 7.19. The van der Waals surface area contributed by atoms with Crippen molar-refractivity contribution in [2.45, 2.75) is 53.2 Å². The molecule has 2 rings (SSSR count). The van der Waals surface area contributed by atoms with Crippen LogP contribution < -0.4 is 5.32 Å². The highest BCUT2D eigenvalue weighted by Gasteiger charge is 2.49. The van der Waals surface area contributed by atoms with Crippen molar-refractivity contribution in [1.29, 1.82) is 0 Å². The molecule has 0 radical (unpaired) electrons. The standard InChI is InChI=1S/C15H27N3O/c1-10(2)9-19-14-7-13(15(14,4)5)16-12-8-18(6)17-11(12)3/h8,10,13-14,16H,7,9H2,1-6H3. The fourth-order valence-corrected chi connectivity index (χ4v) is 2.65. The van der Waals surface area contributed by atoms with Gasteiger partial charge in [-0.25, -0.2) is 0 Å². The number of nitrogens with zero attached hydrogens (tertiary/aromatic N) is 2. The van der Waals surface area contributed by atoms with Crippen LogP contribution in [-0.4, -0.2) is 28.5 Å². The van der Waals surface area contributed by atoms with E-state index in [9.17, 15) is 0 Å². The molecule has 19 heavy (non-hydrogen) atoms. The number of hydrogen-bond donors (Lipinski definition) is 1. The third-order valence-electron chi connectivity index (χ3n) is 4.15. The average Bonchev–Trinajstić information content (AvgIpc) is 2.61. The summed E-state index contributed by atoms with van der Waals surface area (Å²) < 4.78 is 7.85. The zero-order valence-electron chi connectivity index (χ0n) is 13.0. The highest BCUT2D eigenvalue weighted by molar-refractivity contribution is 5.47. The summed E-state index contributed by atoms with van der Waals surface area (Å²) in [6, 6.07) is 0.465. The Hall–Kier alpha value is -1.03. The molecule has 108 valence electrons. The molecule has 0 saturated heterocycles. The van der Waals surface area contributed by atoms with E-state index in [-0.39, 0.29) is 5.41 Å². The molecule has 0 aromatic carbocycles. The lowest BCUT2D eigenvalue weighted by Gasteiger charge is -2.52. The third kappa shape index (κ3) is 2.94. The molecule has 1 aliphatic carbocycles. The molecule has 0 spiro atoms. The summed E-state index contributed by atoms with van der Waals surface area (Å²) in [5.41, 5.74) is 2.38. The van der Waals surface area contributed by atoms with Crippen LogP contribution >= 0.6 is 0 Å². The number of rotatable bonds is 5. The quantitative estimate of drug-likeness (QED) is 0.889. The maximum absolute atomic E-state index is 6.00. The lowest BCUT2D eigenvalue weighted by atomic mass is 9.64. The smallest absolute Gasteiger partial charge is 0.0825 e. The van der Waals surface area contributed by atoms with E-state index in [1.807, 2.05) is 24.9 Å². The summed E-state index contributed by atoms with van der Waals surface area (Å²) in [5, 5.41) is 7.98. The van der Waals surface area contributed by atoms with Gasteiger partial charge in [-0.1, -0.05) is 27.7 Å². The highest BCUT2D eigenvalue weighted by Crippen LogP contribution is 2.44. The molecular formula is C15H27N3O. The van der Waals surface area contributed by atoms with E-state index in [2.05, 4.69) is 38.1 Å². The molecule has 1 aromatic heterocycles. The Balaban J connectivity index is 1.92. The Morgan fingerprint density at radius 2 is 2.21 bits per heavy atom. The van der Waals surface area contributed by atoms with Crippen LogP contribution in [0.25, 0.3) is 0 Å². The van der Waals surface area contributed by atoms with E-state index in [4.69, 9.17) is 4.74 Å². The Morgan fingerprint density at radius 1 is 1.53 bits per heavy atom. The van der Waals surface area contributed by atoms with Crippen LogP contribution in [0.4, 0.5) is 5.69 Å². The molecule has 1 N–H and O–H groups in total. The normalized spacial score (nSPS) is 25.4. The predicted molar refractivity (Wildman–Crippen MR) is 78.3 cm³/mol. The fraction of sp³-hybridized carbons (Fsp3) is 0.800. The average molecular weight is 265 g/mol. The molecule has 2 atom stereocenters. The topological polar surface area (TPSA) is 39.1 Å². The van der Waals surface area contributed by atoms with E-state index < -0.39 is 0 Å². The molecule has 0 aliphatic heterocycles. The van der Waals surface area contributed by atoms with Crippen molar-refractivity contribution in [3.63, 3.8) is 0 Å². The molecule has 1 aliphatic rings. The van der Waals surface area contributed by atoms with Crippen LogP contribution in [0.2, 0.25) is 0 Å². The summed E-state index contributed by atoms with van der Waals surface area (Å²) in [6.07, 6.45) is 3.49. The van der Waals surface area contributed by atoms with Gasteiger partial charge in [0.1, 0.15) is 0 Å². The summed E-state index contributed by atoms with van der Waals surface area (Å²) in [7, 11) is 1.96. The maximum Gasteiger partial charge on any atom is 0.0825 e. The molecular weight excluding hydrogens is 238 g/mol. The van der Waals surface area contributed by atoms with Crippen LogP contribution in [-0.2, 0) is 11.8 Å². The third-order valence-corrected chi connectivity index (χ3v) is 4.15. The van der Waals surface area contributed by atoms with Gasteiger partial charge in [0.25, 0.3) is 0 Å².